The molecule has 1 N–H and O–H groups in total. The summed E-state index contributed by atoms with van der Waals surface area (Å²) in [4.78, 5) is 0. The molecule has 1 heteroatoms. The van der Waals surface area contributed by atoms with Gasteiger partial charge in [-0.25, -0.2) is 0 Å². The number of hydrogen-bond donors (Lipinski definition) is 1. The molecule has 1 aromatic rings. The summed E-state index contributed by atoms with van der Waals surface area (Å²) in [6.45, 7) is 15.3. The zero-order valence-corrected chi connectivity index (χ0v) is 15.5. The van der Waals surface area contributed by atoms with Gasteiger partial charge in [-0.3, -0.25) is 0 Å². The van der Waals surface area contributed by atoms with Gasteiger partial charge in [0, 0.05) is 6.04 Å². The maximum absolute atomic E-state index is 3.68. The van der Waals surface area contributed by atoms with Gasteiger partial charge >= 0.3 is 0 Å². The molecule has 0 aliphatic carbocycles. The first-order valence-electron chi connectivity index (χ1n) is 9.27. The molecular formula is C21H35N. The van der Waals surface area contributed by atoms with E-state index in [1.807, 2.05) is 0 Å². The van der Waals surface area contributed by atoms with Crippen molar-refractivity contribution in [2.45, 2.75) is 79.2 Å². The molecule has 0 bridgehead atoms. The highest BCUT2D eigenvalue weighted by Gasteiger charge is 2.23. The highest BCUT2D eigenvalue weighted by atomic mass is 14.9. The standard InChI is InChI=1S/C21H35N/c1-7-19(14(2)3)20-13-15(4)12-18(17(20)6)8-9-21-16(5)10-11-22-21/h12-14,16,19,21-22H,7-11H2,1-6H3. The maximum atomic E-state index is 3.68. The normalized spacial score (nSPS) is 23.2. The second kappa shape index (κ2) is 7.64. The maximum Gasteiger partial charge on any atom is 0.00963 e. The van der Waals surface area contributed by atoms with E-state index in [9.17, 15) is 0 Å². The third-order valence-electron chi connectivity index (χ3n) is 5.76. The van der Waals surface area contributed by atoms with Gasteiger partial charge in [0.25, 0.3) is 0 Å². The molecule has 1 aromatic carbocycles. The van der Waals surface area contributed by atoms with Crippen LogP contribution in [0.1, 0.15) is 75.1 Å². The first-order valence-corrected chi connectivity index (χ1v) is 9.27. The average Bonchev–Trinajstić information content (AvgIpc) is 2.86. The number of rotatable bonds is 6. The smallest absolute Gasteiger partial charge is 0.00963 e. The van der Waals surface area contributed by atoms with E-state index in [1.165, 1.54) is 37.8 Å². The molecule has 3 unspecified atom stereocenters. The highest BCUT2D eigenvalue weighted by Crippen LogP contribution is 2.33. The summed E-state index contributed by atoms with van der Waals surface area (Å²) in [5.74, 6) is 2.25. The van der Waals surface area contributed by atoms with Crippen LogP contribution in [0.5, 0.6) is 0 Å². The molecule has 1 aliphatic rings. The Morgan fingerprint density at radius 1 is 1.23 bits per heavy atom. The predicted octanol–water partition coefficient (Wildman–Crippen LogP) is 5.38. The van der Waals surface area contributed by atoms with E-state index < -0.39 is 0 Å². The van der Waals surface area contributed by atoms with Crippen molar-refractivity contribution in [2.75, 3.05) is 6.54 Å². The van der Waals surface area contributed by atoms with Crippen LogP contribution in [-0.2, 0) is 6.42 Å². The van der Waals surface area contributed by atoms with E-state index in [1.54, 1.807) is 16.7 Å². The van der Waals surface area contributed by atoms with Crippen LogP contribution < -0.4 is 5.32 Å². The average molecular weight is 302 g/mol. The van der Waals surface area contributed by atoms with Crippen LogP contribution in [0.15, 0.2) is 12.1 Å². The molecule has 1 heterocycles. The summed E-state index contributed by atoms with van der Waals surface area (Å²) in [5.41, 5.74) is 6.16. The van der Waals surface area contributed by atoms with E-state index >= 15 is 0 Å². The van der Waals surface area contributed by atoms with Crippen molar-refractivity contribution >= 4 is 0 Å². The van der Waals surface area contributed by atoms with Gasteiger partial charge in [0.05, 0.1) is 0 Å². The molecule has 1 aliphatic heterocycles. The molecule has 124 valence electrons. The minimum absolute atomic E-state index is 0.696. The lowest BCUT2D eigenvalue weighted by molar-refractivity contribution is 0.452. The third-order valence-corrected chi connectivity index (χ3v) is 5.76. The summed E-state index contributed by atoms with van der Waals surface area (Å²) in [7, 11) is 0. The van der Waals surface area contributed by atoms with Crippen LogP contribution in [-0.4, -0.2) is 12.6 Å². The van der Waals surface area contributed by atoms with Crippen molar-refractivity contribution in [1.29, 1.82) is 0 Å². The fourth-order valence-electron chi connectivity index (χ4n) is 4.26. The first-order chi connectivity index (χ1) is 10.4. The molecule has 0 spiro atoms. The second-order valence-electron chi connectivity index (χ2n) is 7.76. The Morgan fingerprint density at radius 3 is 2.50 bits per heavy atom. The van der Waals surface area contributed by atoms with Crippen LogP contribution >= 0.6 is 0 Å². The largest absolute Gasteiger partial charge is 0.314 e. The summed E-state index contributed by atoms with van der Waals surface area (Å²) in [6, 6.07) is 5.57. The minimum Gasteiger partial charge on any atom is -0.314 e. The SMILES string of the molecule is CCC(c1cc(C)cc(CCC2NCCC2C)c1C)C(C)C. The summed E-state index contributed by atoms with van der Waals surface area (Å²) in [6.07, 6.45) is 5.08. The lowest BCUT2D eigenvalue weighted by Gasteiger charge is -2.25. The Morgan fingerprint density at radius 2 is 1.95 bits per heavy atom. The molecule has 1 saturated heterocycles. The highest BCUT2D eigenvalue weighted by molar-refractivity contribution is 5.40. The van der Waals surface area contributed by atoms with Gasteiger partial charge in [0.2, 0.25) is 0 Å². The van der Waals surface area contributed by atoms with E-state index in [-0.39, 0.29) is 0 Å². The molecule has 1 fully saturated rings. The number of benzene rings is 1. The Labute approximate surface area is 137 Å². The monoisotopic (exact) mass is 301 g/mol. The molecular weight excluding hydrogens is 266 g/mol. The molecule has 2 rings (SSSR count). The van der Waals surface area contributed by atoms with Gasteiger partial charge in [0.15, 0.2) is 0 Å². The summed E-state index contributed by atoms with van der Waals surface area (Å²) in [5, 5.41) is 3.68. The molecule has 3 atom stereocenters. The Bertz CT molecular complexity index is 489. The van der Waals surface area contributed by atoms with Crippen LogP contribution in [0, 0.1) is 25.7 Å². The van der Waals surface area contributed by atoms with Gasteiger partial charge in [-0.15, -0.1) is 0 Å². The Kier molecular flexibility index (Phi) is 6.09. The van der Waals surface area contributed by atoms with Crippen molar-refractivity contribution < 1.29 is 0 Å². The zero-order valence-electron chi connectivity index (χ0n) is 15.5. The lowest BCUT2D eigenvalue weighted by Crippen LogP contribution is -2.26. The predicted molar refractivity (Wildman–Crippen MR) is 97.7 cm³/mol. The minimum atomic E-state index is 0.696. The van der Waals surface area contributed by atoms with Crippen molar-refractivity contribution in [3.8, 4) is 0 Å². The number of hydrogen-bond acceptors (Lipinski definition) is 1. The van der Waals surface area contributed by atoms with Crippen molar-refractivity contribution in [1.82, 2.24) is 5.32 Å². The topological polar surface area (TPSA) is 12.0 Å². The van der Waals surface area contributed by atoms with Crippen LogP contribution in [0.4, 0.5) is 0 Å². The second-order valence-corrected chi connectivity index (χ2v) is 7.76. The van der Waals surface area contributed by atoms with Gasteiger partial charge in [-0.2, -0.15) is 0 Å². The first kappa shape index (κ1) is 17.5. The fraction of sp³-hybridized carbons (Fsp3) is 0.714. The molecule has 22 heavy (non-hydrogen) atoms. The molecule has 0 saturated carbocycles. The van der Waals surface area contributed by atoms with Gasteiger partial charge in [0.1, 0.15) is 0 Å². The van der Waals surface area contributed by atoms with Crippen LogP contribution in [0.2, 0.25) is 0 Å². The molecule has 0 radical (unpaired) electrons. The molecule has 0 aromatic heterocycles. The van der Waals surface area contributed by atoms with E-state index in [2.05, 4.69) is 59.0 Å². The van der Waals surface area contributed by atoms with Crippen molar-refractivity contribution in [3.05, 3.63) is 34.4 Å². The summed E-state index contributed by atoms with van der Waals surface area (Å²) < 4.78 is 0. The van der Waals surface area contributed by atoms with Crippen LogP contribution in [0.3, 0.4) is 0 Å². The lowest BCUT2D eigenvalue weighted by atomic mass is 9.81. The van der Waals surface area contributed by atoms with E-state index in [0.29, 0.717) is 5.92 Å². The quantitative estimate of drug-likeness (QED) is 0.743. The van der Waals surface area contributed by atoms with Crippen LogP contribution in [0.25, 0.3) is 0 Å². The Balaban J connectivity index is 2.19. The zero-order chi connectivity index (χ0) is 16.3. The molecule has 0 amide bonds. The number of aryl methyl sites for hydroxylation is 2. The van der Waals surface area contributed by atoms with Gasteiger partial charge in [-0.1, -0.05) is 45.4 Å². The third kappa shape index (κ3) is 3.93. The Hall–Kier alpha value is -0.820. The summed E-state index contributed by atoms with van der Waals surface area (Å²) >= 11 is 0. The van der Waals surface area contributed by atoms with E-state index in [4.69, 9.17) is 0 Å². The van der Waals surface area contributed by atoms with Gasteiger partial charge in [-0.05, 0) is 80.5 Å². The van der Waals surface area contributed by atoms with Gasteiger partial charge < -0.3 is 5.32 Å². The number of nitrogens with one attached hydrogen (secondary N) is 1. The van der Waals surface area contributed by atoms with Crippen molar-refractivity contribution in [3.63, 3.8) is 0 Å². The van der Waals surface area contributed by atoms with E-state index in [0.717, 1.165) is 17.9 Å². The van der Waals surface area contributed by atoms with Crippen molar-refractivity contribution in [2.24, 2.45) is 11.8 Å². The molecule has 1 nitrogen and oxygen atoms in total. The fourth-order valence-corrected chi connectivity index (χ4v) is 4.26.